The molecule has 0 aliphatic rings. The molecule has 19 heteroatoms. The molecule has 0 atom stereocenters. The van der Waals surface area contributed by atoms with Gasteiger partial charge in [0, 0.05) is 0 Å². The first-order valence-electron chi connectivity index (χ1n) is 2.83. The van der Waals surface area contributed by atoms with Crippen LogP contribution in [-0.2, 0) is 0 Å². The van der Waals surface area contributed by atoms with Gasteiger partial charge in [-0.05, 0) is 0 Å². The molecule has 0 N–H and O–H groups in total. The summed E-state index contributed by atoms with van der Waals surface area (Å²) in [5.74, 6) is 0. The monoisotopic (exact) mass is 320 g/mol. The van der Waals surface area contributed by atoms with Gasteiger partial charge in [-0.15, -0.1) is 0 Å². The van der Waals surface area contributed by atoms with Gasteiger partial charge in [-0.3, -0.25) is 29.3 Å². The van der Waals surface area contributed by atoms with Crippen molar-refractivity contribution in [2.24, 2.45) is 0 Å². The van der Waals surface area contributed by atoms with Crippen molar-refractivity contribution in [2.45, 2.75) is 0 Å². The van der Waals surface area contributed by atoms with Crippen LogP contribution in [0.3, 0.4) is 0 Å². The maximum atomic E-state index is 8.42. The average Bonchev–Trinajstić information content (AvgIpc) is 1.76. The minimum atomic E-state index is -2.92. The zero-order valence-electron chi connectivity index (χ0n) is 8.71. The molecule has 0 rings (SSSR count). The Balaban J connectivity index is -0.0000000192. The zero-order chi connectivity index (χ0) is 14.3. The molecule has 0 aliphatic carbocycles. The van der Waals surface area contributed by atoms with Crippen molar-refractivity contribution < 1.29 is 60.3 Å². The summed E-state index contributed by atoms with van der Waals surface area (Å²) in [4.78, 5) is 0. The van der Waals surface area contributed by atoms with E-state index < -0.39 is 29.3 Å². The Morgan fingerprint density at radius 3 is 0.263 bits per heavy atom. The molecular formula is B4O12Si3. The molecule has 0 bridgehead atoms. The summed E-state index contributed by atoms with van der Waals surface area (Å²) in [5.41, 5.74) is 0. The second-order valence-electron chi connectivity index (χ2n) is 1.15. The molecule has 0 aromatic carbocycles. The standard InChI is InChI=1S/4BO3.3Si/c4*2-1(3)4;;;/q4*-3;3*+4. The molecule has 0 aromatic heterocycles. The summed E-state index contributed by atoms with van der Waals surface area (Å²) >= 11 is 0. The van der Waals surface area contributed by atoms with Crippen molar-refractivity contribution in [2.75, 3.05) is 0 Å². The van der Waals surface area contributed by atoms with Gasteiger partial charge in [0.25, 0.3) is 0 Å². The van der Waals surface area contributed by atoms with Gasteiger partial charge in [-0.1, -0.05) is 0 Å². The molecule has 12 nitrogen and oxygen atoms in total. The van der Waals surface area contributed by atoms with E-state index in [1.165, 1.54) is 0 Å². The number of hydrogen-bond donors (Lipinski definition) is 0. The molecule has 0 heterocycles. The van der Waals surface area contributed by atoms with Crippen LogP contribution >= 0.6 is 0 Å². The van der Waals surface area contributed by atoms with Gasteiger partial charge in [0.1, 0.15) is 0 Å². The van der Waals surface area contributed by atoms with E-state index in [1.807, 2.05) is 0 Å². The minimum absolute atomic E-state index is 0. The minimum Gasteiger partial charge on any atom is -0.907 e. The van der Waals surface area contributed by atoms with Crippen LogP contribution < -0.4 is 60.3 Å². The Bertz CT molecular complexity index is 68.0. The Morgan fingerprint density at radius 2 is 0.263 bits per heavy atom. The van der Waals surface area contributed by atoms with Gasteiger partial charge in [0.05, 0.1) is 0 Å². The quantitative estimate of drug-likeness (QED) is 0.376. The Hall–Kier alpha value is 0.430. The first-order valence-corrected chi connectivity index (χ1v) is 2.83. The van der Waals surface area contributed by atoms with Crippen molar-refractivity contribution in [1.82, 2.24) is 0 Å². The molecule has 0 aromatic rings. The summed E-state index contributed by atoms with van der Waals surface area (Å²) in [6, 6.07) is 0. The fourth-order valence-corrected chi connectivity index (χ4v) is 0. The molecular weight excluding hydrogens is 319 g/mol. The van der Waals surface area contributed by atoms with Gasteiger partial charge in [-0.2, -0.15) is 0 Å². The summed E-state index contributed by atoms with van der Waals surface area (Å²) < 4.78 is 0. The van der Waals surface area contributed by atoms with Gasteiger partial charge in [-0.25, -0.2) is 0 Å². The molecule has 0 saturated heterocycles. The Kier molecular flexibility index (Phi) is 81.5. The van der Waals surface area contributed by atoms with E-state index in [0.717, 1.165) is 0 Å². The first kappa shape index (κ1) is 42.7. The van der Waals surface area contributed by atoms with Crippen LogP contribution in [0.1, 0.15) is 0 Å². The van der Waals surface area contributed by atoms with Crippen molar-refractivity contribution >= 4 is 62.2 Å². The van der Waals surface area contributed by atoms with Crippen LogP contribution in [0.15, 0.2) is 0 Å². The van der Waals surface area contributed by atoms with E-state index in [9.17, 15) is 0 Å². The number of rotatable bonds is 0. The third-order valence-corrected chi connectivity index (χ3v) is 0. The summed E-state index contributed by atoms with van der Waals surface area (Å²) in [7, 11) is -11.7. The van der Waals surface area contributed by atoms with Gasteiger partial charge >= 0.3 is 32.9 Å². The Labute approximate surface area is 123 Å². The van der Waals surface area contributed by atoms with Crippen molar-refractivity contribution in [3.63, 3.8) is 0 Å². The van der Waals surface area contributed by atoms with Crippen molar-refractivity contribution in [3.8, 4) is 0 Å². The summed E-state index contributed by atoms with van der Waals surface area (Å²) in [6.07, 6.45) is 0. The molecule has 0 unspecified atom stereocenters. The van der Waals surface area contributed by atoms with Crippen LogP contribution in [0, 0.1) is 0 Å². The maximum absolute atomic E-state index is 8.42. The van der Waals surface area contributed by atoms with E-state index in [-0.39, 0.29) is 32.9 Å². The van der Waals surface area contributed by atoms with Gasteiger partial charge < -0.3 is 60.3 Å². The maximum Gasteiger partial charge on any atom is 4.00 e. The third kappa shape index (κ3) is 26900. The molecule has 0 saturated carbocycles. The molecule has 0 fully saturated rings. The van der Waals surface area contributed by atoms with Crippen LogP contribution in [0.4, 0.5) is 0 Å². The van der Waals surface area contributed by atoms with Gasteiger partial charge in [0.15, 0.2) is 0 Å². The predicted molar refractivity (Wildman–Crippen MR) is 40.3 cm³/mol. The molecule has 0 aliphatic heterocycles. The van der Waals surface area contributed by atoms with E-state index in [0.29, 0.717) is 0 Å². The predicted octanol–water partition coefficient (Wildman–Crippen LogP) is -16.9. The summed E-state index contributed by atoms with van der Waals surface area (Å²) in [5, 5.41) is 101. The normalized spacial score (nSPS) is 5.68. The Morgan fingerprint density at radius 1 is 0.263 bits per heavy atom. The van der Waals surface area contributed by atoms with E-state index in [2.05, 4.69) is 0 Å². The van der Waals surface area contributed by atoms with E-state index in [1.54, 1.807) is 0 Å². The molecule has 19 heavy (non-hydrogen) atoms. The largest absolute Gasteiger partial charge is 4.00 e. The topological polar surface area (TPSA) is 277 Å². The second kappa shape index (κ2) is 36.2. The van der Waals surface area contributed by atoms with Crippen molar-refractivity contribution in [3.05, 3.63) is 0 Å². The third-order valence-electron chi connectivity index (χ3n) is 0. The van der Waals surface area contributed by atoms with Crippen LogP contribution in [0.5, 0.6) is 0 Å². The van der Waals surface area contributed by atoms with Gasteiger partial charge in [0.2, 0.25) is 0 Å². The van der Waals surface area contributed by atoms with Crippen LogP contribution in [0.25, 0.3) is 0 Å². The fraction of sp³-hybridized carbons (Fsp3) is 0. The second-order valence-corrected chi connectivity index (χ2v) is 1.15. The average molecular weight is 319 g/mol. The molecule has 96 valence electrons. The summed E-state index contributed by atoms with van der Waals surface area (Å²) in [6.45, 7) is 0. The fourth-order valence-electron chi connectivity index (χ4n) is 0. The van der Waals surface area contributed by atoms with Crippen molar-refractivity contribution in [1.29, 1.82) is 0 Å². The number of hydrogen-bond acceptors (Lipinski definition) is 12. The van der Waals surface area contributed by atoms with Crippen LogP contribution in [-0.4, -0.2) is 62.2 Å². The zero-order valence-corrected chi connectivity index (χ0v) is 11.7. The molecule has 0 amide bonds. The SMILES string of the molecule is [O-]B([O-])[O-].[O-]B([O-])[O-].[O-]B([O-])[O-].[O-]B([O-])[O-].[Si+4].[Si+4].[Si+4]. The van der Waals surface area contributed by atoms with Crippen LogP contribution in [0.2, 0.25) is 0 Å². The van der Waals surface area contributed by atoms with E-state index in [4.69, 9.17) is 60.3 Å². The first-order chi connectivity index (χ1) is 6.93. The molecule has 0 spiro atoms. The molecule has 0 radical (unpaired) electrons. The smallest absolute Gasteiger partial charge is 0.907 e. The van der Waals surface area contributed by atoms with E-state index >= 15 is 0 Å².